The minimum absolute atomic E-state index is 0.207. The Bertz CT molecular complexity index is 81.8. The molecule has 0 saturated carbocycles. The first-order valence-electron chi connectivity index (χ1n) is 2.17. The zero-order chi connectivity index (χ0) is 5.11. The van der Waals surface area contributed by atoms with Crippen molar-refractivity contribution in [3.8, 4) is 0 Å². The van der Waals surface area contributed by atoms with Crippen LogP contribution in [0.15, 0.2) is 12.3 Å². The summed E-state index contributed by atoms with van der Waals surface area (Å²) in [7, 11) is 0. The van der Waals surface area contributed by atoms with Crippen LogP contribution in [0, 0.1) is 0 Å². The van der Waals surface area contributed by atoms with Gasteiger partial charge in [0, 0.05) is 0 Å². The van der Waals surface area contributed by atoms with E-state index in [1.54, 1.807) is 12.3 Å². The van der Waals surface area contributed by atoms with Crippen LogP contribution in [0.1, 0.15) is 0 Å². The number of hydrogen-bond donors (Lipinski definition) is 2. The first-order valence-corrected chi connectivity index (χ1v) is 2.17. The molecule has 1 aliphatic heterocycles. The second-order valence-corrected chi connectivity index (χ2v) is 1.34. The van der Waals surface area contributed by atoms with Gasteiger partial charge in [-0.1, -0.05) is 0 Å². The maximum Gasteiger partial charge on any atom is 0.128 e. The van der Waals surface area contributed by atoms with Crippen LogP contribution in [-0.4, -0.2) is 13.0 Å². The number of nitrogens with one attached hydrogen (secondary N) is 1. The molecule has 0 bridgehead atoms. The Balaban J connectivity index is 2.36. The van der Waals surface area contributed by atoms with Crippen molar-refractivity contribution >= 4 is 0 Å². The highest BCUT2D eigenvalue weighted by Crippen LogP contribution is 1.87. The van der Waals surface area contributed by atoms with Crippen LogP contribution in [0.3, 0.4) is 0 Å². The van der Waals surface area contributed by atoms with Gasteiger partial charge in [-0.2, -0.15) is 0 Å². The van der Waals surface area contributed by atoms with Gasteiger partial charge in [-0.25, -0.2) is 0 Å². The van der Waals surface area contributed by atoms with Gasteiger partial charge >= 0.3 is 0 Å². The van der Waals surface area contributed by atoms with Gasteiger partial charge in [0.25, 0.3) is 0 Å². The molecule has 0 aliphatic carbocycles. The zero-order valence-electron chi connectivity index (χ0n) is 3.92. The van der Waals surface area contributed by atoms with Crippen LogP contribution in [0.4, 0.5) is 0 Å². The van der Waals surface area contributed by atoms with Gasteiger partial charge in [0.1, 0.15) is 13.0 Å². The van der Waals surface area contributed by atoms with Crippen molar-refractivity contribution in [1.82, 2.24) is 5.32 Å². The van der Waals surface area contributed by atoms with E-state index in [0.29, 0.717) is 6.73 Å². The highest BCUT2D eigenvalue weighted by Gasteiger charge is 1.97. The van der Waals surface area contributed by atoms with E-state index in [-0.39, 0.29) is 6.23 Å². The van der Waals surface area contributed by atoms with Crippen molar-refractivity contribution in [3.05, 3.63) is 12.3 Å². The summed E-state index contributed by atoms with van der Waals surface area (Å²) < 4.78 is 4.86. The van der Waals surface area contributed by atoms with Gasteiger partial charge in [-0.15, -0.1) is 0 Å². The molecule has 0 amide bonds. The molecule has 0 saturated heterocycles. The molecule has 1 heterocycles. The molecular weight excluding hydrogens is 92.1 g/mol. The van der Waals surface area contributed by atoms with Gasteiger partial charge < -0.3 is 15.8 Å². The lowest BCUT2D eigenvalue weighted by Gasteiger charge is -2.12. The molecule has 0 fully saturated rings. The number of ether oxygens (including phenoxy) is 1. The lowest BCUT2D eigenvalue weighted by molar-refractivity contribution is 0.0715. The average molecular weight is 100 g/mol. The quantitative estimate of drug-likeness (QED) is 0.425. The van der Waals surface area contributed by atoms with E-state index in [1.165, 1.54) is 0 Å². The normalized spacial score (nSPS) is 29.6. The largest absolute Gasteiger partial charge is 0.369 e. The van der Waals surface area contributed by atoms with Crippen molar-refractivity contribution in [3.63, 3.8) is 0 Å². The molecule has 3 N–H and O–H groups in total. The van der Waals surface area contributed by atoms with E-state index in [1.807, 2.05) is 0 Å². The lowest BCUT2D eigenvalue weighted by Crippen LogP contribution is -2.30. The molecule has 0 spiro atoms. The fraction of sp³-hybridized carbons (Fsp3) is 0.500. The second-order valence-electron chi connectivity index (χ2n) is 1.34. The van der Waals surface area contributed by atoms with Crippen LogP contribution in [0.2, 0.25) is 0 Å². The number of rotatable bonds is 0. The predicted octanol–water partition coefficient (Wildman–Crippen LogP) is -0.638. The van der Waals surface area contributed by atoms with Crippen molar-refractivity contribution in [2.75, 3.05) is 6.73 Å². The number of hydrogen-bond acceptors (Lipinski definition) is 3. The molecule has 1 unspecified atom stereocenters. The molecule has 1 rings (SSSR count). The maximum atomic E-state index is 5.29. The van der Waals surface area contributed by atoms with Crippen LogP contribution < -0.4 is 11.1 Å². The molecule has 1 aliphatic rings. The summed E-state index contributed by atoms with van der Waals surface area (Å²) in [4.78, 5) is 0. The van der Waals surface area contributed by atoms with Crippen molar-refractivity contribution in [2.45, 2.75) is 6.23 Å². The molecule has 3 nitrogen and oxygen atoms in total. The summed E-state index contributed by atoms with van der Waals surface area (Å²) in [6, 6.07) is 0. The first kappa shape index (κ1) is 4.61. The molecule has 40 valence electrons. The second kappa shape index (κ2) is 1.95. The van der Waals surface area contributed by atoms with E-state index in [4.69, 9.17) is 10.5 Å². The Morgan fingerprint density at radius 3 is 3.00 bits per heavy atom. The number of nitrogens with two attached hydrogens (primary N) is 1. The van der Waals surface area contributed by atoms with Crippen LogP contribution in [0.5, 0.6) is 0 Å². The van der Waals surface area contributed by atoms with Crippen molar-refractivity contribution in [2.24, 2.45) is 5.73 Å². The van der Waals surface area contributed by atoms with E-state index < -0.39 is 0 Å². The highest BCUT2D eigenvalue weighted by molar-refractivity contribution is 4.86. The third kappa shape index (κ3) is 1.17. The summed E-state index contributed by atoms with van der Waals surface area (Å²) in [5.41, 5.74) is 5.29. The summed E-state index contributed by atoms with van der Waals surface area (Å²) in [5.74, 6) is 0. The Labute approximate surface area is 42.1 Å². The summed E-state index contributed by atoms with van der Waals surface area (Å²) in [6.45, 7) is 0.525. The van der Waals surface area contributed by atoms with E-state index >= 15 is 0 Å². The minimum Gasteiger partial charge on any atom is -0.369 e. The van der Waals surface area contributed by atoms with Gasteiger partial charge in [-0.05, 0) is 12.3 Å². The lowest BCUT2D eigenvalue weighted by atomic mass is 10.5. The highest BCUT2D eigenvalue weighted by atomic mass is 16.5. The first-order chi connectivity index (χ1) is 3.39. The average Bonchev–Trinajstić information content (AvgIpc) is 1.69. The molecule has 0 aromatic carbocycles. The van der Waals surface area contributed by atoms with Gasteiger partial charge in [0.15, 0.2) is 0 Å². The third-order valence-corrected chi connectivity index (χ3v) is 0.763. The Kier molecular flexibility index (Phi) is 1.29. The zero-order valence-corrected chi connectivity index (χ0v) is 3.92. The smallest absolute Gasteiger partial charge is 0.128 e. The van der Waals surface area contributed by atoms with E-state index in [9.17, 15) is 0 Å². The molecular formula is C4H8N2O. The molecule has 0 aromatic heterocycles. The topological polar surface area (TPSA) is 47.3 Å². The molecule has 0 radical (unpaired) electrons. The minimum atomic E-state index is -0.207. The molecule has 3 heteroatoms. The summed E-state index contributed by atoms with van der Waals surface area (Å²) >= 11 is 0. The van der Waals surface area contributed by atoms with Gasteiger partial charge in [0.05, 0.1) is 0 Å². The summed E-state index contributed by atoms with van der Waals surface area (Å²) in [6.07, 6.45) is 3.33. The fourth-order valence-corrected chi connectivity index (χ4v) is 0.411. The van der Waals surface area contributed by atoms with Crippen LogP contribution >= 0.6 is 0 Å². The van der Waals surface area contributed by atoms with Gasteiger partial charge in [0.2, 0.25) is 0 Å². The SMILES string of the molecule is NC1C=CNCO1. The maximum absolute atomic E-state index is 5.29. The van der Waals surface area contributed by atoms with Crippen molar-refractivity contribution in [1.29, 1.82) is 0 Å². The Hall–Kier alpha value is -0.540. The van der Waals surface area contributed by atoms with E-state index in [2.05, 4.69) is 5.32 Å². The Morgan fingerprint density at radius 2 is 2.71 bits per heavy atom. The van der Waals surface area contributed by atoms with Crippen LogP contribution in [-0.2, 0) is 4.74 Å². The monoisotopic (exact) mass is 100 g/mol. The molecule has 7 heavy (non-hydrogen) atoms. The molecule has 0 aromatic rings. The Morgan fingerprint density at radius 1 is 1.86 bits per heavy atom. The fourth-order valence-electron chi connectivity index (χ4n) is 0.411. The summed E-state index contributed by atoms with van der Waals surface area (Å²) in [5, 5.41) is 2.83. The van der Waals surface area contributed by atoms with Crippen molar-refractivity contribution < 1.29 is 4.74 Å². The molecule has 1 atom stereocenters. The third-order valence-electron chi connectivity index (χ3n) is 0.763. The van der Waals surface area contributed by atoms with Crippen LogP contribution in [0.25, 0.3) is 0 Å². The van der Waals surface area contributed by atoms with Gasteiger partial charge in [-0.3, -0.25) is 0 Å². The standard InChI is InChI=1S/C4H8N2O/c5-4-1-2-6-3-7-4/h1-2,4,6H,3,5H2. The predicted molar refractivity (Wildman–Crippen MR) is 26.2 cm³/mol. The van der Waals surface area contributed by atoms with E-state index in [0.717, 1.165) is 0 Å².